The lowest BCUT2D eigenvalue weighted by atomic mass is 10.0. The van der Waals surface area contributed by atoms with Crippen molar-refractivity contribution < 1.29 is 9.90 Å². The van der Waals surface area contributed by atoms with E-state index in [1.54, 1.807) is 0 Å². The van der Waals surface area contributed by atoms with Crippen molar-refractivity contribution in [2.24, 2.45) is 0 Å². The van der Waals surface area contributed by atoms with Crippen molar-refractivity contribution in [2.45, 2.75) is 39.2 Å². The van der Waals surface area contributed by atoms with Crippen LogP contribution in [0.4, 0.5) is 0 Å². The average Bonchev–Trinajstić information content (AvgIpc) is 2.38. The maximum atomic E-state index is 10.6. The van der Waals surface area contributed by atoms with E-state index in [0.717, 1.165) is 12.8 Å². The highest BCUT2D eigenvalue weighted by Crippen LogP contribution is 2.23. The molecule has 0 spiro atoms. The lowest BCUT2D eigenvalue weighted by Crippen LogP contribution is -2.26. The highest BCUT2D eigenvalue weighted by molar-refractivity contribution is 5.66. The van der Waals surface area contributed by atoms with Gasteiger partial charge in [0.1, 0.15) is 0 Å². The second kappa shape index (κ2) is 7.17. The molecular weight excluding hydrogens is 226 g/mol. The van der Waals surface area contributed by atoms with Crippen molar-refractivity contribution in [2.75, 3.05) is 13.6 Å². The van der Waals surface area contributed by atoms with E-state index in [4.69, 9.17) is 5.11 Å². The van der Waals surface area contributed by atoms with Gasteiger partial charge in [-0.2, -0.15) is 0 Å². The van der Waals surface area contributed by atoms with Crippen molar-refractivity contribution in [1.29, 1.82) is 0 Å². The molecule has 0 saturated heterocycles. The number of hydrogen-bond acceptors (Lipinski definition) is 2. The molecule has 0 aliphatic heterocycles. The maximum absolute atomic E-state index is 10.6. The van der Waals surface area contributed by atoms with E-state index in [0.29, 0.717) is 12.6 Å². The second-order valence-electron chi connectivity index (χ2n) is 4.64. The van der Waals surface area contributed by atoms with Gasteiger partial charge in [-0.05, 0) is 31.0 Å². The first-order valence-corrected chi connectivity index (χ1v) is 6.59. The zero-order chi connectivity index (χ0) is 13.5. The summed E-state index contributed by atoms with van der Waals surface area (Å²) in [6.07, 6.45) is 2.23. The van der Waals surface area contributed by atoms with Gasteiger partial charge < -0.3 is 5.11 Å². The van der Waals surface area contributed by atoms with Crippen LogP contribution in [0.5, 0.6) is 0 Å². The third-order valence-corrected chi connectivity index (χ3v) is 3.37. The summed E-state index contributed by atoms with van der Waals surface area (Å²) in [6.45, 7) is 4.87. The van der Waals surface area contributed by atoms with Crippen LogP contribution in [0, 0.1) is 0 Å². The zero-order valence-electron chi connectivity index (χ0n) is 11.5. The zero-order valence-corrected chi connectivity index (χ0v) is 11.5. The van der Waals surface area contributed by atoms with Gasteiger partial charge in [-0.25, -0.2) is 0 Å². The van der Waals surface area contributed by atoms with E-state index in [9.17, 15) is 4.79 Å². The lowest BCUT2D eigenvalue weighted by Gasteiger charge is -2.27. The molecule has 1 aromatic rings. The van der Waals surface area contributed by atoms with Crippen molar-refractivity contribution >= 4 is 5.97 Å². The molecule has 0 radical (unpaired) electrons. The first-order chi connectivity index (χ1) is 8.58. The van der Waals surface area contributed by atoms with Crippen LogP contribution in [0.2, 0.25) is 0 Å². The standard InChI is InChI=1S/C15H23NO2/c1-4-12-6-8-13(9-7-12)14(5-2)16(3)11-10-15(17)18/h6-9,14H,4-5,10-11H2,1-3H3,(H,17,18). The maximum Gasteiger partial charge on any atom is 0.304 e. The van der Waals surface area contributed by atoms with Crippen LogP contribution in [-0.4, -0.2) is 29.6 Å². The first kappa shape index (κ1) is 14.7. The van der Waals surface area contributed by atoms with Gasteiger partial charge in [0.05, 0.1) is 6.42 Å². The Hall–Kier alpha value is -1.35. The highest BCUT2D eigenvalue weighted by Gasteiger charge is 2.15. The SMILES string of the molecule is CCc1ccc(C(CC)N(C)CCC(=O)O)cc1. The monoisotopic (exact) mass is 249 g/mol. The van der Waals surface area contributed by atoms with Crippen LogP contribution >= 0.6 is 0 Å². The van der Waals surface area contributed by atoms with Gasteiger partial charge >= 0.3 is 5.97 Å². The summed E-state index contributed by atoms with van der Waals surface area (Å²) < 4.78 is 0. The Labute approximate surface area is 109 Å². The molecule has 0 aliphatic rings. The number of carbonyl (C=O) groups is 1. The van der Waals surface area contributed by atoms with Crippen LogP contribution in [0.3, 0.4) is 0 Å². The minimum atomic E-state index is -0.738. The predicted octanol–water partition coefficient (Wildman–Crippen LogP) is 3.11. The Kier molecular flexibility index (Phi) is 5.86. The number of rotatable bonds is 7. The van der Waals surface area contributed by atoms with Crippen LogP contribution < -0.4 is 0 Å². The minimum Gasteiger partial charge on any atom is -0.481 e. The second-order valence-corrected chi connectivity index (χ2v) is 4.64. The van der Waals surface area contributed by atoms with Crippen LogP contribution in [-0.2, 0) is 11.2 Å². The van der Waals surface area contributed by atoms with Gasteiger partial charge in [-0.3, -0.25) is 9.69 Å². The summed E-state index contributed by atoms with van der Waals surface area (Å²) in [5.74, 6) is -0.738. The Morgan fingerprint density at radius 1 is 1.28 bits per heavy atom. The number of carboxylic acids is 1. The first-order valence-electron chi connectivity index (χ1n) is 6.59. The molecule has 0 aromatic heterocycles. The fraction of sp³-hybridized carbons (Fsp3) is 0.533. The molecule has 3 heteroatoms. The molecule has 1 rings (SSSR count). The molecule has 1 unspecified atom stereocenters. The number of benzene rings is 1. The number of nitrogens with zero attached hydrogens (tertiary/aromatic N) is 1. The molecule has 0 amide bonds. The molecule has 1 N–H and O–H groups in total. The van der Waals surface area contributed by atoms with Gasteiger partial charge in [0.15, 0.2) is 0 Å². The summed E-state index contributed by atoms with van der Waals surface area (Å²) in [4.78, 5) is 12.7. The number of aliphatic carboxylic acids is 1. The van der Waals surface area contributed by atoms with E-state index in [-0.39, 0.29) is 6.42 Å². The van der Waals surface area contributed by atoms with Gasteiger partial charge in [0, 0.05) is 12.6 Å². The van der Waals surface area contributed by atoms with Crippen LogP contribution in [0.25, 0.3) is 0 Å². The molecule has 0 aliphatic carbocycles. The molecule has 1 aromatic carbocycles. The number of hydrogen-bond donors (Lipinski definition) is 1. The highest BCUT2D eigenvalue weighted by atomic mass is 16.4. The lowest BCUT2D eigenvalue weighted by molar-refractivity contribution is -0.137. The van der Waals surface area contributed by atoms with Crippen molar-refractivity contribution in [3.05, 3.63) is 35.4 Å². The smallest absolute Gasteiger partial charge is 0.304 e. The van der Waals surface area contributed by atoms with Crippen molar-refractivity contribution in [3.63, 3.8) is 0 Å². The van der Waals surface area contributed by atoms with Crippen molar-refractivity contribution in [1.82, 2.24) is 4.90 Å². The molecule has 18 heavy (non-hydrogen) atoms. The summed E-state index contributed by atoms with van der Waals surface area (Å²) >= 11 is 0. The van der Waals surface area contributed by atoms with E-state index in [1.165, 1.54) is 11.1 Å². The summed E-state index contributed by atoms with van der Waals surface area (Å²) in [5, 5.41) is 8.73. The van der Waals surface area contributed by atoms with Crippen LogP contribution in [0.15, 0.2) is 24.3 Å². The Morgan fingerprint density at radius 2 is 1.89 bits per heavy atom. The molecule has 1 atom stereocenters. The molecular formula is C15H23NO2. The Balaban J connectivity index is 2.71. The molecule has 0 bridgehead atoms. The topological polar surface area (TPSA) is 40.5 Å². The minimum absolute atomic E-state index is 0.194. The van der Waals surface area contributed by atoms with E-state index in [1.807, 2.05) is 7.05 Å². The normalized spacial score (nSPS) is 12.7. The van der Waals surface area contributed by atoms with Gasteiger partial charge in [-0.15, -0.1) is 0 Å². The Bertz CT molecular complexity index is 373. The van der Waals surface area contributed by atoms with Crippen molar-refractivity contribution in [3.8, 4) is 0 Å². The largest absolute Gasteiger partial charge is 0.481 e. The predicted molar refractivity (Wildman–Crippen MR) is 73.7 cm³/mol. The fourth-order valence-electron chi connectivity index (χ4n) is 2.21. The van der Waals surface area contributed by atoms with Crippen LogP contribution in [0.1, 0.15) is 43.9 Å². The number of aryl methyl sites for hydroxylation is 1. The Morgan fingerprint density at radius 3 is 2.33 bits per heavy atom. The molecule has 100 valence electrons. The van der Waals surface area contributed by atoms with E-state index < -0.39 is 5.97 Å². The molecule has 0 heterocycles. The van der Waals surface area contributed by atoms with E-state index >= 15 is 0 Å². The summed E-state index contributed by atoms with van der Waals surface area (Å²) in [7, 11) is 1.99. The molecule has 0 fully saturated rings. The average molecular weight is 249 g/mol. The third-order valence-electron chi connectivity index (χ3n) is 3.37. The van der Waals surface area contributed by atoms with E-state index in [2.05, 4.69) is 43.0 Å². The fourth-order valence-corrected chi connectivity index (χ4v) is 2.21. The molecule has 0 saturated carbocycles. The van der Waals surface area contributed by atoms with Gasteiger partial charge in [-0.1, -0.05) is 38.1 Å². The third kappa shape index (κ3) is 4.15. The van der Waals surface area contributed by atoms with Gasteiger partial charge in [0.2, 0.25) is 0 Å². The quantitative estimate of drug-likeness (QED) is 0.807. The number of carboxylic acid groups (broad SMARTS) is 1. The molecule has 3 nitrogen and oxygen atoms in total. The van der Waals surface area contributed by atoms with Gasteiger partial charge in [0.25, 0.3) is 0 Å². The summed E-state index contributed by atoms with van der Waals surface area (Å²) in [6, 6.07) is 8.93. The summed E-state index contributed by atoms with van der Waals surface area (Å²) in [5.41, 5.74) is 2.60.